The van der Waals surface area contributed by atoms with Gasteiger partial charge in [0, 0.05) is 45.1 Å². The van der Waals surface area contributed by atoms with Gasteiger partial charge in [-0.15, -0.1) is 12.4 Å². The van der Waals surface area contributed by atoms with Crippen molar-refractivity contribution in [2.24, 2.45) is 5.92 Å². The van der Waals surface area contributed by atoms with E-state index in [0.717, 1.165) is 51.9 Å². The van der Waals surface area contributed by atoms with E-state index in [1.165, 1.54) is 18.4 Å². The lowest BCUT2D eigenvalue weighted by atomic mass is 9.83. The SMILES string of the molecule is CNCCN1C(=O)CC[C@H]2CN(C(=O)CC3=CCCCC3)CC[C@H]21.Cl. The summed E-state index contributed by atoms with van der Waals surface area (Å²) in [6.45, 7) is 3.26. The number of fused-ring (bicyclic) bond motifs is 1. The van der Waals surface area contributed by atoms with Crippen LogP contribution in [0.25, 0.3) is 0 Å². The van der Waals surface area contributed by atoms with Crippen LogP contribution in [-0.4, -0.2) is 60.9 Å². The van der Waals surface area contributed by atoms with Crippen LogP contribution in [-0.2, 0) is 9.59 Å². The largest absolute Gasteiger partial charge is 0.342 e. The summed E-state index contributed by atoms with van der Waals surface area (Å²) in [5.41, 5.74) is 1.34. The lowest BCUT2D eigenvalue weighted by Gasteiger charge is -2.47. The third-order valence-electron chi connectivity index (χ3n) is 5.86. The molecule has 2 aliphatic heterocycles. The molecule has 3 rings (SSSR count). The lowest BCUT2D eigenvalue weighted by molar-refractivity contribution is -0.143. The highest BCUT2D eigenvalue weighted by molar-refractivity contribution is 5.85. The molecular formula is C19H32ClN3O2. The van der Waals surface area contributed by atoms with Gasteiger partial charge in [-0.25, -0.2) is 0 Å². The van der Waals surface area contributed by atoms with Gasteiger partial charge in [-0.1, -0.05) is 11.6 Å². The number of nitrogens with zero attached hydrogens (tertiary/aromatic N) is 2. The van der Waals surface area contributed by atoms with Crippen molar-refractivity contribution in [1.82, 2.24) is 15.1 Å². The minimum atomic E-state index is 0. The molecule has 0 unspecified atom stereocenters. The molecule has 1 aliphatic carbocycles. The molecule has 2 saturated heterocycles. The predicted molar refractivity (Wildman–Crippen MR) is 102 cm³/mol. The van der Waals surface area contributed by atoms with Crippen LogP contribution in [0.1, 0.15) is 51.4 Å². The van der Waals surface area contributed by atoms with Crippen molar-refractivity contribution in [3.05, 3.63) is 11.6 Å². The van der Waals surface area contributed by atoms with Crippen molar-refractivity contribution in [3.8, 4) is 0 Å². The highest BCUT2D eigenvalue weighted by atomic mass is 35.5. The molecule has 3 aliphatic rings. The Hall–Kier alpha value is -1.07. The van der Waals surface area contributed by atoms with Gasteiger partial charge in [0.2, 0.25) is 11.8 Å². The molecule has 2 amide bonds. The number of allylic oxidation sites excluding steroid dienone is 1. The number of carbonyl (C=O) groups excluding carboxylic acids is 2. The summed E-state index contributed by atoms with van der Waals surface area (Å²) in [4.78, 5) is 29.0. The van der Waals surface area contributed by atoms with E-state index < -0.39 is 0 Å². The maximum absolute atomic E-state index is 12.7. The summed E-state index contributed by atoms with van der Waals surface area (Å²) in [5.74, 6) is 1.04. The van der Waals surface area contributed by atoms with Crippen LogP contribution in [0.5, 0.6) is 0 Å². The molecule has 142 valence electrons. The number of rotatable bonds is 5. The Morgan fingerprint density at radius 1 is 1.28 bits per heavy atom. The number of halogens is 1. The first-order chi connectivity index (χ1) is 11.7. The summed E-state index contributed by atoms with van der Waals surface area (Å²) in [7, 11) is 1.92. The number of hydrogen-bond acceptors (Lipinski definition) is 3. The quantitative estimate of drug-likeness (QED) is 0.757. The van der Waals surface area contributed by atoms with Crippen molar-refractivity contribution in [1.29, 1.82) is 0 Å². The van der Waals surface area contributed by atoms with Crippen LogP contribution in [0.4, 0.5) is 0 Å². The maximum Gasteiger partial charge on any atom is 0.226 e. The molecule has 0 aromatic carbocycles. The molecule has 1 N–H and O–H groups in total. The summed E-state index contributed by atoms with van der Waals surface area (Å²) < 4.78 is 0. The monoisotopic (exact) mass is 369 g/mol. The van der Waals surface area contributed by atoms with Crippen molar-refractivity contribution in [3.63, 3.8) is 0 Å². The van der Waals surface area contributed by atoms with E-state index in [-0.39, 0.29) is 12.4 Å². The second kappa shape index (κ2) is 9.58. The molecule has 2 atom stereocenters. The van der Waals surface area contributed by atoms with Gasteiger partial charge in [0.1, 0.15) is 0 Å². The molecule has 25 heavy (non-hydrogen) atoms. The van der Waals surface area contributed by atoms with Crippen LogP contribution in [0.2, 0.25) is 0 Å². The van der Waals surface area contributed by atoms with Crippen molar-refractivity contribution >= 4 is 24.2 Å². The van der Waals surface area contributed by atoms with E-state index in [0.29, 0.717) is 36.6 Å². The van der Waals surface area contributed by atoms with Gasteiger partial charge in [-0.2, -0.15) is 0 Å². The van der Waals surface area contributed by atoms with Gasteiger partial charge in [0.05, 0.1) is 0 Å². The molecule has 0 bridgehead atoms. The zero-order valence-electron chi connectivity index (χ0n) is 15.3. The Morgan fingerprint density at radius 2 is 2.12 bits per heavy atom. The molecule has 0 spiro atoms. The summed E-state index contributed by atoms with van der Waals surface area (Å²) >= 11 is 0. The second-order valence-electron chi connectivity index (χ2n) is 7.47. The smallest absolute Gasteiger partial charge is 0.226 e. The zero-order chi connectivity index (χ0) is 16.9. The number of carbonyl (C=O) groups is 2. The number of nitrogens with one attached hydrogen (secondary N) is 1. The number of piperidine rings is 2. The Kier molecular flexibility index (Phi) is 7.76. The second-order valence-corrected chi connectivity index (χ2v) is 7.47. The fraction of sp³-hybridized carbons (Fsp3) is 0.789. The molecule has 5 nitrogen and oxygen atoms in total. The summed E-state index contributed by atoms with van der Waals surface area (Å²) in [6.07, 6.45) is 10.1. The molecule has 0 saturated carbocycles. The standard InChI is InChI=1S/C19H31N3O2.ClH/c1-20-10-12-22-17-9-11-21(14-16(17)7-8-18(22)23)19(24)13-15-5-3-2-4-6-15;/h5,16-17,20H,2-4,6-14H2,1H3;1H/t16-,17+;/m0./s1. The third kappa shape index (κ3) is 4.98. The summed E-state index contributed by atoms with van der Waals surface area (Å²) in [5, 5.41) is 3.14. The molecule has 6 heteroatoms. The Labute approximate surface area is 157 Å². The van der Waals surface area contributed by atoms with Crippen molar-refractivity contribution < 1.29 is 9.59 Å². The van der Waals surface area contributed by atoms with Gasteiger partial charge in [0.25, 0.3) is 0 Å². The number of likely N-dealkylation sites (tertiary alicyclic amines) is 2. The van der Waals surface area contributed by atoms with Crippen molar-refractivity contribution in [2.45, 2.75) is 57.4 Å². The molecule has 2 heterocycles. The van der Waals surface area contributed by atoms with E-state index in [2.05, 4.69) is 21.2 Å². The van der Waals surface area contributed by atoms with Crippen LogP contribution in [0.15, 0.2) is 11.6 Å². The zero-order valence-corrected chi connectivity index (χ0v) is 16.2. The molecule has 0 radical (unpaired) electrons. The lowest BCUT2D eigenvalue weighted by Crippen LogP contribution is -2.57. The van der Waals surface area contributed by atoms with E-state index >= 15 is 0 Å². The fourth-order valence-electron chi connectivity index (χ4n) is 4.47. The van der Waals surface area contributed by atoms with E-state index in [9.17, 15) is 9.59 Å². The van der Waals surface area contributed by atoms with E-state index in [1.807, 2.05) is 7.05 Å². The molecule has 0 aromatic heterocycles. The molecule has 0 aromatic rings. The molecule has 2 fully saturated rings. The maximum atomic E-state index is 12.7. The van der Waals surface area contributed by atoms with Crippen LogP contribution in [0, 0.1) is 5.92 Å². The normalized spacial score (nSPS) is 26.6. The van der Waals surface area contributed by atoms with Gasteiger partial charge >= 0.3 is 0 Å². The highest BCUT2D eigenvalue weighted by Gasteiger charge is 2.39. The van der Waals surface area contributed by atoms with Crippen LogP contribution in [0.3, 0.4) is 0 Å². The molecular weight excluding hydrogens is 338 g/mol. The van der Waals surface area contributed by atoms with Gasteiger partial charge < -0.3 is 15.1 Å². The predicted octanol–water partition coefficient (Wildman–Crippen LogP) is 2.36. The van der Waals surface area contributed by atoms with Gasteiger partial charge in [-0.3, -0.25) is 9.59 Å². The minimum Gasteiger partial charge on any atom is -0.342 e. The topological polar surface area (TPSA) is 52.7 Å². The average Bonchev–Trinajstić information content (AvgIpc) is 2.61. The third-order valence-corrected chi connectivity index (χ3v) is 5.86. The van der Waals surface area contributed by atoms with Crippen LogP contribution < -0.4 is 5.32 Å². The summed E-state index contributed by atoms with van der Waals surface area (Å²) in [6, 6.07) is 0.331. The number of amides is 2. The average molecular weight is 370 g/mol. The first-order valence-corrected chi connectivity index (χ1v) is 9.59. The van der Waals surface area contributed by atoms with Crippen molar-refractivity contribution in [2.75, 3.05) is 33.2 Å². The number of likely N-dealkylation sites (N-methyl/N-ethyl adjacent to an activating group) is 1. The first kappa shape index (κ1) is 20.2. The van der Waals surface area contributed by atoms with Gasteiger partial charge in [-0.05, 0) is 51.5 Å². The Bertz CT molecular complexity index is 509. The highest BCUT2D eigenvalue weighted by Crippen LogP contribution is 2.32. The first-order valence-electron chi connectivity index (χ1n) is 9.59. The Morgan fingerprint density at radius 3 is 2.84 bits per heavy atom. The van der Waals surface area contributed by atoms with Crippen LogP contribution >= 0.6 is 12.4 Å². The Balaban J connectivity index is 0.00000225. The van der Waals surface area contributed by atoms with E-state index in [4.69, 9.17) is 0 Å². The fourth-order valence-corrected chi connectivity index (χ4v) is 4.47. The number of hydrogen-bond donors (Lipinski definition) is 1. The van der Waals surface area contributed by atoms with E-state index in [1.54, 1.807) is 0 Å². The van der Waals surface area contributed by atoms with Gasteiger partial charge in [0.15, 0.2) is 0 Å². The minimum absolute atomic E-state index is 0.